The number of fused-ring (bicyclic) bond motifs is 3. The second-order valence-corrected chi connectivity index (χ2v) is 7.87. The SMILES string of the molecule is Cc1coc2c1c(C)cc1oc(=O)c(CC(=O)NCCc3ccsc3)c(C)c12. The van der Waals surface area contributed by atoms with Crippen molar-refractivity contribution in [1.29, 1.82) is 0 Å². The van der Waals surface area contributed by atoms with Gasteiger partial charge in [0, 0.05) is 11.9 Å². The number of hydrogen-bond donors (Lipinski definition) is 1. The van der Waals surface area contributed by atoms with Crippen LogP contribution in [0.5, 0.6) is 0 Å². The van der Waals surface area contributed by atoms with E-state index in [1.165, 1.54) is 5.56 Å². The van der Waals surface area contributed by atoms with Gasteiger partial charge in [-0.1, -0.05) is 0 Å². The Labute approximate surface area is 166 Å². The summed E-state index contributed by atoms with van der Waals surface area (Å²) in [5, 5.41) is 8.74. The molecule has 1 amide bonds. The van der Waals surface area contributed by atoms with Crippen LogP contribution >= 0.6 is 11.3 Å². The first-order valence-corrected chi connectivity index (χ1v) is 10.1. The van der Waals surface area contributed by atoms with Crippen LogP contribution in [0.15, 0.2) is 42.8 Å². The Kier molecular flexibility index (Phi) is 4.81. The predicted octanol–water partition coefficient (Wildman–Crippen LogP) is 4.43. The summed E-state index contributed by atoms with van der Waals surface area (Å²) in [7, 11) is 0. The molecule has 3 aromatic heterocycles. The first kappa shape index (κ1) is 18.5. The molecule has 0 saturated carbocycles. The Morgan fingerprint density at radius 3 is 2.75 bits per heavy atom. The van der Waals surface area contributed by atoms with E-state index in [0.29, 0.717) is 23.3 Å². The van der Waals surface area contributed by atoms with Crippen molar-refractivity contribution in [3.63, 3.8) is 0 Å². The summed E-state index contributed by atoms with van der Waals surface area (Å²) in [4.78, 5) is 24.9. The van der Waals surface area contributed by atoms with E-state index in [2.05, 4.69) is 10.7 Å². The summed E-state index contributed by atoms with van der Waals surface area (Å²) in [6.07, 6.45) is 2.47. The Morgan fingerprint density at radius 2 is 2.00 bits per heavy atom. The highest BCUT2D eigenvalue weighted by Crippen LogP contribution is 2.34. The van der Waals surface area contributed by atoms with Crippen molar-refractivity contribution in [3.8, 4) is 0 Å². The first-order chi connectivity index (χ1) is 13.5. The van der Waals surface area contributed by atoms with Crippen molar-refractivity contribution < 1.29 is 13.6 Å². The normalized spacial score (nSPS) is 11.4. The van der Waals surface area contributed by atoms with Crippen molar-refractivity contribution in [2.45, 2.75) is 33.6 Å². The molecule has 0 aliphatic heterocycles. The van der Waals surface area contributed by atoms with Gasteiger partial charge in [-0.2, -0.15) is 11.3 Å². The van der Waals surface area contributed by atoms with Crippen LogP contribution in [0.25, 0.3) is 21.9 Å². The molecular weight excluding hydrogens is 374 g/mol. The van der Waals surface area contributed by atoms with Crippen LogP contribution in [0.2, 0.25) is 0 Å². The molecule has 0 spiro atoms. The quantitative estimate of drug-likeness (QED) is 0.508. The van der Waals surface area contributed by atoms with Crippen LogP contribution in [0.4, 0.5) is 0 Å². The fraction of sp³-hybridized carbons (Fsp3) is 0.273. The molecule has 144 valence electrons. The molecule has 4 rings (SSSR count). The number of rotatable bonds is 5. The maximum atomic E-state index is 12.5. The molecule has 0 aliphatic rings. The number of hydrogen-bond acceptors (Lipinski definition) is 5. The van der Waals surface area contributed by atoms with Crippen molar-refractivity contribution >= 4 is 39.2 Å². The van der Waals surface area contributed by atoms with Gasteiger partial charge in [-0.05, 0) is 72.3 Å². The lowest BCUT2D eigenvalue weighted by Gasteiger charge is -2.10. The molecule has 0 bridgehead atoms. The standard InChI is InChI=1S/C22H21NO4S/c1-12-8-17-20(21-19(12)13(2)10-26-21)14(3)16(22(25)27-17)9-18(24)23-6-4-15-5-7-28-11-15/h5,7-8,10-11H,4,6,9H2,1-3H3,(H,23,24). The zero-order valence-corrected chi connectivity index (χ0v) is 16.9. The lowest BCUT2D eigenvalue weighted by Crippen LogP contribution is -2.29. The zero-order valence-electron chi connectivity index (χ0n) is 16.0. The van der Waals surface area contributed by atoms with Crippen LogP contribution in [0.3, 0.4) is 0 Å². The number of carbonyl (C=O) groups is 1. The number of carbonyl (C=O) groups excluding carboxylic acids is 1. The number of benzene rings is 1. The third-order valence-corrected chi connectivity index (χ3v) is 5.85. The topological polar surface area (TPSA) is 72.5 Å². The second-order valence-electron chi connectivity index (χ2n) is 7.09. The monoisotopic (exact) mass is 395 g/mol. The van der Waals surface area contributed by atoms with E-state index in [4.69, 9.17) is 8.83 Å². The van der Waals surface area contributed by atoms with Gasteiger partial charge in [0.05, 0.1) is 23.6 Å². The largest absolute Gasteiger partial charge is 0.463 e. The maximum Gasteiger partial charge on any atom is 0.340 e. The fourth-order valence-electron chi connectivity index (χ4n) is 3.68. The molecule has 3 heterocycles. The van der Waals surface area contributed by atoms with Crippen molar-refractivity contribution in [1.82, 2.24) is 5.32 Å². The lowest BCUT2D eigenvalue weighted by molar-refractivity contribution is -0.120. The minimum absolute atomic E-state index is 0.0111. The molecule has 4 aromatic rings. The number of thiophene rings is 1. The summed E-state index contributed by atoms with van der Waals surface area (Å²) in [5.74, 6) is -0.191. The summed E-state index contributed by atoms with van der Waals surface area (Å²) in [6.45, 7) is 6.34. The number of aryl methyl sites for hydroxylation is 3. The van der Waals surface area contributed by atoms with Gasteiger partial charge in [-0.15, -0.1) is 0 Å². The van der Waals surface area contributed by atoms with Gasteiger partial charge in [0.15, 0.2) is 0 Å². The molecule has 0 aliphatic carbocycles. The maximum absolute atomic E-state index is 12.5. The van der Waals surface area contributed by atoms with Crippen molar-refractivity contribution in [2.24, 2.45) is 0 Å². The lowest BCUT2D eigenvalue weighted by atomic mass is 9.99. The van der Waals surface area contributed by atoms with Gasteiger partial charge in [0.1, 0.15) is 11.2 Å². The van der Waals surface area contributed by atoms with Gasteiger partial charge in [0.25, 0.3) is 0 Å². The molecule has 0 atom stereocenters. The summed E-state index contributed by atoms with van der Waals surface area (Å²) in [6, 6.07) is 3.90. The number of nitrogens with one attached hydrogen (secondary N) is 1. The molecule has 0 fully saturated rings. The Hall–Kier alpha value is -2.86. The summed E-state index contributed by atoms with van der Waals surface area (Å²) < 4.78 is 11.3. The molecular formula is C22H21NO4S. The van der Waals surface area contributed by atoms with Gasteiger partial charge in [0.2, 0.25) is 5.91 Å². The van der Waals surface area contributed by atoms with Crippen LogP contribution < -0.4 is 10.9 Å². The summed E-state index contributed by atoms with van der Waals surface area (Å²) >= 11 is 1.63. The Morgan fingerprint density at radius 1 is 1.18 bits per heavy atom. The predicted molar refractivity (Wildman–Crippen MR) is 111 cm³/mol. The molecule has 0 unspecified atom stereocenters. The minimum atomic E-state index is -0.472. The first-order valence-electron chi connectivity index (χ1n) is 9.17. The van der Waals surface area contributed by atoms with Crippen LogP contribution in [0, 0.1) is 20.8 Å². The number of furan rings is 1. The van der Waals surface area contributed by atoms with Crippen LogP contribution in [0.1, 0.15) is 27.8 Å². The van der Waals surface area contributed by atoms with Crippen molar-refractivity contribution in [3.05, 3.63) is 67.4 Å². The van der Waals surface area contributed by atoms with Crippen LogP contribution in [-0.2, 0) is 17.6 Å². The second kappa shape index (κ2) is 7.28. The smallest absolute Gasteiger partial charge is 0.340 e. The van der Waals surface area contributed by atoms with E-state index in [9.17, 15) is 9.59 Å². The highest BCUT2D eigenvalue weighted by atomic mass is 32.1. The molecule has 1 N–H and O–H groups in total. The van der Waals surface area contributed by atoms with Crippen LogP contribution in [-0.4, -0.2) is 12.5 Å². The number of amides is 1. The van der Waals surface area contributed by atoms with E-state index in [0.717, 1.165) is 33.9 Å². The van der Waals surface area contributed by atoms with E-state index in [1.807, 2.05) is 38.3 Å². The van der Waals surface area contributed by atoms with E-state index in [-0.39, 0.29) is 12.3 Å². The minimum Gasteiger partial charge on any atom is -0.463 e. The molecule has 6 heteroatoms. The molecule has 0 radical (unpaired) electrons. The highest BCUT2D eigenvalue weighted by molar-refractivity contribution is 7.07. The molecule has 5 nitrogen and oxygen atoms in total. The van der Waals surface area contributed by atoms with E-state index >= 15 is 0 Å². The molecule has 0 saturated heterocycles. The van der Waals surface area contributed by atoms with Gasteiger partial charge < -0.3 is 14.2 Å². The van der Waals surface area contributed by atoms with Gasteiger partial charge >= 0.3 is 5.63 Å². The molecule has 28 heavy (non-hydrogen) atoms. The Balaban J connectivity index is 1.65. The Bertz CT molecular complexity index is 1230. The average Bonchev–Trinajstić information content (AvgIpc) is 3.29. The highest BCUT2D eigenvalue weighted by Gasteiger charge is 2.19. The third-order valence-electron chi connectivity index (χ3n) is 5.12. The zero-order chi connectivity index (χ0) is 19.8. The van der Waals surface area contributed by atoms with Gasteiger partial charge in [-0.3, -0.25) is 4.79 Å². The molecule has 1 aromatic carbocycles. The average molecular weight is 395 g/mol. The van der Waals surface area contributed by atoms with Crippen molar-refractivity contribution in [2.75, 3.05) is 6.54 Å². The van der Waals surface area contributed by atoms with E-state index < -0.39 is 5.63 Å². The van der Waals surface area contributed by atoms with Gasteiger partial charge in [-0.25, -0.2) is 4.79 Å². The third kappa shape index (κ3) is 3.24. The fourth-order valence-corrected chi connectivity index (χ4v) is 4.38. The summed E-state index contributed by atoms with van der Waals surface area (Å²) in [5.41, 5.74) is 5.05. The van der Waals surface area contributed by atoms with E-state index in [1.54, 1.807) is 17.6 Å².